The van der Waals surface area contributed by atoms with Crippen LogP contribution in [0, 0.1) is 13.8 Å². The molecule has 0 unspecified atom stereocenters. The highest BCUT2D eigenvalue weighted by Gasteiger charge is 2.41. The average Bonchev–Trinajstić information content (AvgIpc) is 3.52. The molecule has 0 fully saturated rings. The Morgan fingerprint density at radius 3 is 1.65 bits per heavy atom. The van der Waals surface area contributed by atoms with E-state index in [0.29, 0.717) is 0 Å². The molecule has 0 atom stereocenters. The lowest BCUT2D eigenvalue weighted by Crippen LogP contribution is -2.57. The van der Waals surface area contributed by atoms with E-state index in [-0.39, 0.29) is 6.71 Å². The van der Waals surface area contributed by atoms with E-state index < -0.39 is 0 Å². The number of benzene rings is 8. The summed E-state index contributed by atoms with van der Waals surface area (Å²) >= 11 is 0. The van der Waals surface area contributed by atoms with Gasteiger partial charge >= 0.3 is 0 Å². The monoisotopic (exact) mass is 665 g/mol. The quantitative estimate of drug-likeness (QED) is 0.175. The Morgan fingerprint density at radius 2 is 1.02 bits per heavy atom. The zero-order valence-electron chi connectivity index (χ0n) is 28.9. The van der Waals surface area contributed by atoms with Gasteiger partial charge in [0, 0.05) is 28.4 Å². The number of hydrogen-bond acceptors (Lipinski definition) is 2. The molecule has 52 heavy (non-hydrogen) atoms. The van der Waals surface area contributed by atoms with E-state index >= 15 is 0 Å². The van der Waals surface area contributed by atoms with Crippen LogP contribution in [-0.4, -0.2) is 11.3 Å². The summed E-state index contributed by atoms with van der Waals surface area (Å²) < 4.78 is 16.3. The van der Waals surface area contributed by atoms with Crippen LogP contribution in [0.25, 0.3) is 60.5 Å². The number of fused-ring (bicyclic) bond motifs is 9. The van der Waals surface area contributed by atoms with E-state index in [4.69, 9.17) is 9.47 Å². The summed E-state index contributed by atoms with van der Waals surface area (Å²) in [6, 6.07) is 56.8. The van der Waals surface area contributed by atoms with Crippen LogP contribution in [0.5, 0.6) is 23.0 Å². The SMILES string of the molecule is Cc1ccccc1-c1ccc2c(c1)Oc1cc(-n3c4ccccc4c4c5ccccc5ccc43)cc3c1B2c1ccc(-c2ccccc2C)cc1O3. The first-order valence-corrected chi connectivity index (χ1v) is 18.0. The molecule has 0 aliphatic carbocycles. The first-order valence-electron chi connectivity index (χ1n) is 18.0. The highest BCUT2D eigenvalue weighted by Crippen LogP contribution is 2.42. The fraction of sp³-hybridized carbons (Fsp3) is 0.0417. The number of ether oxygens (including phenoxy) is 2. The van der Waals surface area contributed by atoms with Gasteiger partial charge in [-0.3, -0.25) is 0 Å². The van der Waals surface area contributed by atoms with Gasteiger partial charge in [0.25, 0.3) is 6.71 Å². The molecule has 244 valence electrons. The van der Waals surface area contributed by atoms with Gasteiger partial charge in [-0.2, -0.15) is 0 Å². The van der Waals surface area contributed by atoms with E-state index in [1.165, 1.54) is 43.8 Å². The van der Waals surface area contributed by atoms with Crippen LogP contribution >= 0.6 is 0 Å². The minimum absolute atomic E-state index is 0.0366. The average molecular weight is 666 g/mol. The Morgan fingerprint density at radius 1 is 0.462 bits per heavy atom. The third-order valence-corrected chi connectivity index (χ3v) is 11.2. The van der Waals surface area contributed by atoms with Crippen LogP contribution in [0.2, 0.25) is 0 Å². The molecule has 11 rings (SSSR count). The third-order valence-electron chi connectivity index (χ3n) is 11.2. The van der Waals surface area contributed by atoms with Crippen molar-refractivity contribution >= 4 is 55.7 Å². The second-order valence-corrected chi connectivity index (χ2v) is 14.2. The summed E-state index contributed by atoms with van der Waals surface area (Å²) in [5, 5.41) is 4.95. The first kappa shape index (κ1) is 29.2. The number of aromatic nitrogens is 1. The van der Waals surface area contributed by atoms with Crippen LogP contribution in [0.15, 0.2) is 158 Å². The van der Waals surface area contributed by atoms with Crippen molar-refractivity contribution in [1.29, 1.82) is 0 Å². The molecule has 9 aromatic rings. The maximum absolute atomic E-state index is 6.99. The molecule has 0 bridgehead atoms. The van der Waals surface area contributed by atoms with E-state index in [9.17, 15) is 0 Å². The van der Waals surface area contributed by atoms with E-state index in [1.54, 1.807) is 0 Å². The van der Waals surface area contributed by atoms with Crippen LogP contribution in [-0.2, 0) is 0 Å². The lowest BCUT2D eigenvalue weighted by Gasteiger charge is -2.34. The van der Waals surface area contributed by atoms with Crippen molar-refractivity contribution in [1.82, 2.24) is 4.57 Å². The normalized spacial score (nSPS) is 12.7. The van der Waals surface area contributed by atoms with Gasteiger partial charge in [-0.05, 0) is 93.2 Å². The molecular formula is C48H32BNO2. The predicted molar refractivity (Wildman–Crippen MR) is 216 cm³/mol. The lowest BCUT2D eigenvalue weighted by molar-refractivity contribution is 0.464. The number of nitrogens with zero attached hydrogens (tertiary/aromatic N) is 1. The number of rotatable bonds is 3. The molecule has 0 spiro atoms. The summed E-state index contributed by atoms with van der Waals surface area (Å²) in [5.74, 6) is 3.41. The molecule has 2 aliphatic rings. The van der Waals surface area contributed by atoms with Crippen molar-refractivity contribution in [3.05, 3.63) is 169 Å². The largest absolute Gasteiger partial charge is 0.458 e. The molecule has 4 heteroatoms. The standard InChI is InChI=1S/C48H32BNO2/c1-29-11-3-6-14-35(29)32-19-22-39-43(25-32)51-45-27-34(50-41-18-10-9-17-38(41)47-37-16-8-5-13-31(37)21-24-42(47)50)28-46-48(45)49(39)40-23-20-33(26-44(40)52-46)36-15-7-4-12-30(36)2/h3-28H,1-2H3. The van der Waals surface area contributed by atoms with Crippen molar-refractivity contribution in [2.24, 2.45) is 0 Å². The zero-order valence-corrected chi connectivity index (χ0v) is 28.9. The summed E-state index contributed by atoms with van der Waals surface area (Å²) in [4.78, 5) is 0. The molecule has 0 saturated heterocycles. The molecule has 3 nitrogen and oxygen atoms in total. The Hall–Kier alpha value is -6.52. The smallest absolute Gasteiger partial charge is 0.260 e. The van der Waals surface area contributed by atoms with Crippen LogP contribution in [0.1, 0.15) is 11.1 Å². The minimum atomic E-state index is -0.0366. The fourth-order valence-electron chi connectivity index (χ4n) is 8.75. The van der Waals surface area contributed by atoms with Gasteiger partial charge in [-0.1, -0.05) is 121 Å². The van der Waals surface area contributed by atoms with Gasteiger partial charge in [0.05, 0.1) is 16.7 Å². The van der Waals surface area contributed by atoms with Crippen LogP contribution in [0.4, 0.5) is 0 Å². The molecule has 0 radical (unpaired) electrons. The van der Waals surface area contributed by atoms with Crippen molar-refractivity contribution in [2.45, 2.75) is 13.8 Å². The minimum Gasteiger partial charge on any atom is -0.458 e. The van der Waals surface area contributed by atoms with Gasteiger partial charge in [0.1, 0.15) is 23.0 Å². The Balaban J connectivity index is 1.17. The molecule has 0 saturated carbocycles. The number of aryl methyl sites for hydroxylation is 2. The lowest BCUT2D eigenvalue weighted by atomic mass is 9.34. The summed E-state index contributed by atoms with van der Waals surface area (Å²) in [5.41, 5.74) is 13.9. The van der Waals surface area contributed by atoms with Crippen molar-refractivity contribution in [2.75, 3.05) is 0 Å². The van der Waals surface area contributed by atoms with E-state index in [1.807, 2.05) is 0 Å². The second kappa shape index (κ2) is 11.0. The van der Waals surface area contributed by atoms with Crippen LogP contribution in [0.3, 0.4) is 0 Å². The van der Waals surface area contributed by atoms with Crippen molar-refractivity contribution in [3.63, 3.8) is 0 Å². The van der Waals surface area contributed by atoms with Crippen molar-refractivity contribution < 1.29 is 9.47 Å². The molecular weight excluding hydrogens is 633 g/mol. The topological polar surface area (TPSA) is 23.4 Å². The fourth-order valence-corrected chi connectivity index (χ4v) is 8.75. The molecule has 0 N–H and O–H groups in total. The van der Waals surface area contributed by atoms with Gasteiger partial charge in [0.15, 0.2) is 0 Å². The Kier molecular flexibility index (Phi) is 6.18. The molecule has 1 aromatic heterocycles. The maximum atomic E-state index is 6.99. The molecule has 8 aromatic carbocycles. The second-order valence-electron chi connectivity index (χ2n) is 14.2. The van der Waals surface area contributed by atoms with E-state index in [2.05, 4.69) is 176 Å². The summed E-state index contributed by atoms with van der Waals surface area (Å²) in [6.07, 6.45) is 0. The highest BCUT2D eigenvalue weighted by molar-refractivity contribution is 6.98. The maximum Gasteiger partial charge on any atom is 0.260 e. The zero-order chi connectivity index (χ0) is 34.5. The number of para-hydroxylation sites is 1. The molecule has 3 heterocycles. The van der Waals surface area contributed by atoms with Gasteiger partial charge in [-0.25, -0.2) is 0 Å². The Labute approximate surface area is 302 Å². The van der Waals surface area contributed by atoms with Gasteiger partial charge in [-0.15, -0.1) is 0 Å². The Bertz CT molecular complexity index is 2840. The summed E-state index contributed by atoms with van der Waals surface area (Å²) in [7, 11) is 0. The first-order chi connectivity index (χ1) is 25.6. The van der Waals surface area contributed by atoms with Crippen molar-refractivity contribution in [3.8, 4) is 50.9 Å². The third kappa shape index (κ3) is 4.21. The van der Waals surface area contributed by atoms with E-state index in [0.717, 1.165) is 67.2 Å². The predicted octanol–water partition coefficient (Wildman–Crippen LogP) is 10.6. The molecule has 2 aliphatic heterocycles. The number of hydrogen-bond donors (Lipinski definition) is 0. The summed E-state index contributed by atoms with van der Waals surface area (Å²) in [6.45, 7) is 4.30. The van der Waals surface area contributed by atoms with Gasteiger partial charge in [0.2, 0.25) is 0 Å². The van der Waals surface area contributed by atoms with Crippen LogP contribution < -0.4 is 25.9 Å². The molecule has 0 amide bonds. The van der Waals surface area contributed by atoms with Gasteiger partial charge < -0.3 is 14.0 Å². The highest BCUT2D eigenvalue weighted by atomic mass is 16.5.